The second kappa shape index (κ2) is 5.76. The van der Waals surface area contributed by atoms with Gasteiger partial charge in [0.05, 0.1) is 6.61 Å². The normalized spacial score (nSPS) is 21.1. The summed E-state index contributed by atoms with van der Waals surface area (Å²) in [5, 5.41) is 0. The Morgan fingerprint density at radius 1 is 1.24 bits per heavy atom. The van der Waals surface area contributed by atoms with Crippen LogP contribution in [-0.2, 0) is 4.74 Å². The summed E-state index contributed by atoms with van der Waals surface area (Å²) in [6.45, 7) is 4.45. The first-order valence-corrected chi connectivity index (χ1v) is 8.63. The van der Waals surface area contributed by atoms with Crippen LogP contribution in [0.5, 0.6) is 5.75 Å². The van der Waals surface area contributed by atoms with Crippen molar-refractivity contribution >= 4 is 6.09 Å². The molecule has 2 aromatic rings. The summed E-state index contributed by atoms with van der Waals surface area (Å²) in [7, 11) is 0. The predicted octanol–water partition coefficient (Wildman–Crippen LogP) is 4.18. The summed E-state index contributed by atoms with van der Waals surface area (Å²) in [6, 6.07) is 10.2. The van der Waals surface area contributed by atoms with Gasteiger partial charge in [-0.05, 0) is 30.5 Å². The van der Waals surface area contributed by atoms with E-state index in [9.17, 15) is 4.79 Å². The first-order chi connectivity index (χ1) is 11.9. The van der Waals surface area contributed by atoms with Gasteiger partial charge in [0.25, 0.3) is 0 Å². The highest BCUT2D eigenvalue weighted by molar-refractivity contribution is 5.68. The van der Waals surface area contributed by atoms with Crippen molar-refractivity contribution in [2.45, 2.75) is 38.7 Å². The van der Waals surface area contributed by atoms with Gasteiger partial charge in [-0.2, -0.15) is 0 Å². The van der Waals surface area contributed by atoms with Crippen LogP contribution in [0, 0.1) is 5.41 Å². The van der Waals surface area contributed by atoms with Gasteiger partial charge in [0.1, 0.15) is 11.9 Å². The summed E-state index contributed by atoms with van der Waals surface area (Å²) in [5.41, 5.74) is 9.03. The Morgan fingerprint density at radius 2 is 2.00 bits per heavy atom. The van der Waals surface area contributed by atoms with E-state index < -0.39 is 12.2 Å². The molecule has 1 aliphatic carbocycles. The number of nitrogens with two attached hydrogens (primary N) is 1. The fraction of sp³-hybridized carbons (Fsp3) is 0.400. The maximum absolute atomic E-state index is 11.3. The number of ether oxygens (including phenoxy) is 2. The van der Waals surface area contributed by atoms with Gasteiger partial charge in [0.15, 0.2) is 0 Å². The molecular weight excluding hydrogens is 316 g/mol. The molecule has 130 valence electrons. The van der Waals surface area contributed by atoms with E-state index in [1.165, 1.54) is 18.5 Å². The van der Waals surface area contributed by atoms with Crippen molar-refractivity contribution in [2.24, 2.45) is 11.1 Å². The lowest BCUT2D eigenvalue weighted by Crippen LogP contribution is -2.37. The van der Waals surface area contributed by atoms with Crippen LogP contribution in [0.4, 0.5) is 4.79 Å². The summed E-state index contributed by atoms with van der Waals surface area (Å²) < 4.78 is 11.3. The van der Waals surface area contributed by atoms with Gasteiger partial charge in [-0.25, -0.2) is 4.79 Å². The van der Waals surface area contributed by atoms with Crippen molar-refractivity contribution in [1.29, 1.82) is 0 Å². The number of amides is 1. The van der Waals surface area contributed by atoms with E-state index in [1.807, 2.05) is 38.2 Å². The second-order valence-corrected chi connectivity index (χ2v) is 7.59. The first kappa shape index (κ1) is 15.9. The molecule has 2 aliphatic rings. The van der Waals surface area contributed by atoms with E-state index in [4.69, 9.17) is 15.2 Å². The van der Waals surface area contributed by atoms with Crippen molar-refractivity contribution in [3.8, 4) is 16.9 Å². The van der Waals surface area contributed by atoms with Gasteiger partial charge in [-0.3, -0.25) is 4.98 Å². The Kier molecular flexibility index (Phi) is 3.67. The number of nitrogens with zero attached hydrogens (tertiary/aromatic N) is 1. The number of hydrogen-bond acceptors (Lipinski definition) is 4. The van der Waals surface area contributed by atoms with E-state index in [0.717, 1.165) is 22.4 Å². The highest BCUT2D eigenvalue weighted by atomic mass is 16.6. The highest BCUT2D eigenvalue weighted by Gasteiger charge is 2.40. The number of benzene rings is 1. The third-order valence-corrected chi connectivity index (χ3v) is 4.95. The number of fused-ring (bicyclic) bond motifs is 1. The van der Waals surface area contributed by atoms with Crippen LogP contribution in [0.25, 0.3) is 11.1 Å². The standard InChI is InChI=1S/C20H22N2O3/c1-20(2)11-24-17-9-13(5-7-15(17)18(20)25-19(21)23)14-6-8-16(22-10-14)12-3-4-12/h5-10,12,18H,3-4,11H2,1-2H3,(H2,21,23). The fourth-order valence-electron chi connectivity index (χ4n) is 3.35. The lowest BCUT2D eigenvalue weighted by molar-refractivity contribution is -0.0176. The van der Waals surface area contributed by atoms with E-state index in [2.05, 4.69) is 17.1 Å². The summed E-state index contributed by atoms with van der Waals surface area (Å²) in [6.07, 6.45) is 3.22. The second-order valence-electron chi connectivity index (χ2n) is 7.59. The lowest BCUT2D eigenvalue weighted by atomic mass is 9.80. The molecule has 5 nitrogen and oxygen atoms in total. The summed E-state index contributed by atoms with van der Waals surface area (Å²) >= 11 is 0. The fourth-order valence-corrected chi connectivity index (χ4v) is 3.35. The molecule has 1 aromatic carbocycles. The summed E-state index contributed by atoms with van der Waals surface area (Å²) in [5.74, 6) is 1.38. The van der Waals surface area contributed by atoms with Gasteiger partial charge in [0, 0.05) is 34.4 Å². The van der Waals surface area contributed by atoms with Crippen LogP contribution in [0.2, 0.25) is 0 Å². The van der Waals surface area contributed by atoms with Crippen molar-refractivity contribution in [3.05, 3.63) is 47.8 Å². The maximum atomic E-state index is 11.3. The van der Waals surface area contributed by atoms with Crippen LogP contribution in [0.3, 0.4) is 0 Å². The minimum atomic E-state index is -0.769. The SMILES string of the molecule is CC1(C)COc2cc(-c3ccc(C4CC4)nc3)ccc2C1OC(N)=O. The molecule has 0 saturated heterocycles. The molecule has 1 fully saturated rings. The highest BCUT2D eigenvalue weighted by Crippen LogP contribution is 2.46. The molecule has 0 spiro atoms. The molecule has 2 heterocycles. The molecule has 0 radical (unpaired) electrons. The molecule has 1 aliphatic heterocycles. The van der Waals surface area contributed by atoms with Crippen molar-refractivity contribution in [2.75, 3.05) is 6.61 Å². The van der Waals surface area contributed by atoms with Gasteiger partial charge < -0.3 is 15.2 Å². The number of carbonyl (C=O) groups excluding carboxylic acids is 1. The van der Waals surface area contributed by atoms with Gasteiger partial charge >= 0.3 is 6.09 Å². The zero-order valence-corrected chi connectivity index (χ0v) is 14.5. The average Bonchev–Trinajstić information content (AvgIpc) is 3.42. The largest absolute Gasteiger partial charge is 0.492 e. The molecule has 4 rings (SSSR count). The Balaban J connectivity index is 1.66. The van der Waals surface area contributed by atoms with Gasteiger partial charge in [0.2, 0.25) is 0 Å². The van der Waals surface area contributed by atoms with Crippen molar-refractivity contribution in [1.82, 2.24) is 4.98 Å². The zero-order valence-electron chi connectivity index (χ0n) is 14.5. The van der Waals surface area contributed by atoms with E-state index >= 15 is 0 Å². The molecule has 5 heteroatoms. The Bertz CT molecular complexity index is 810. The van der Waals surface area contributed by atoms with Crippen molar-refractivity contribution < 1.29 is 14.3 Å². The third kappa shape index (κ3) is 3.06. The quantitative estimate of drug-likeness (QED) is 0.911. The molecule has 2 N–H and O–H groups in total. The molecular formula is C20H22N2O3. The molecule has 1 saturated carbocycles. The molecule has 1 aromatic heterocycles. The Hall–Kier alpha value is -2.56. The van der Waals surface area contributed by atoms with E-state index in [1.54, 1.807) is 0 Å². The Labute approximate surface area is 147 Å². The monoisotopic (exact) mass is 338 g/mol. The summed E-state index contributed by atoms with van der Waals surface area (Å²) in [4.78, 5) is 15.9. The minimum Gasteiger partial charge on any atom is -0.492 e. The molecule has 1 atom stereocenters. The number of primary amides is 1. The lowest BCUT2D eigenvalue weighted by Gasteiger charge is -2.38. The van der Waals surface area contributed by atoms with Crippen LogP contribution in [0.15, 0.2) is 36.5 Å². The number of rotatable bonds is 3. The average molecular weight is 338 g/mol. The number of aromatic nitrogens is 1. The minimum absolute atomic E-state index is 0.336. The number of carbonyl (C=O) groups is 1. The maximum Gasteiger partial charge on any atom is 0.405 e. The molecule has 0 bridgehead atoms. The topological polar surface area (TPSA) is 74.4 Å². The smallest absolute Gasteiger partial charge is 0.405 e. The number of pyridine rings is 1. The molecule has 25 heavy (non-hydrogen) atoms. The van der Waals surface area contributed by atoms with E-state index in [0.29, 0.717) is 12.5 Å². The molecule has 1 unspecified atom stereocenters. The Morgan fingerprint density at radius 3 is 2.64 bits per heavy atom. The van der Waals surface area contributed by atoms with Crippen LogP contribution < -0.4 is 10.5 Å². The van der Waals surface area contributed by atoms with Crippen LogP contribution >= 0.6 is 0 Å². The van der Waals surface area contributed by atoms with Crippen molar-refractivity contribution in [3.63, 3.8) is 0 Å². The van der Waals surface area contributed by atoms with Gasteiger partial charge in [-0.1, -0.05) is 32.0 Å². The zero-order chi connectivity index (χ0) is 17.6. The first-order valence-electron chi connectivity index (χ1n) is 8.63. The number of hydrogen-bond donors (Lipinski definition) is 1. The van der Waals surface area contributed by atoms with Crippen LogP contribution in [0.1, 0.15) is 50.0 Å². The van der Waals surface area contributed by atoms with E-state index in [-0.39, 0.29) is 5.41 Å². The third-order valence-electron chi connectivity index (χ3n) is 4.95. The predicted molar refractivity (Wildman–Crippen MR) is 94.3 cm³/mol. The van der Waals surface area contributed by atoms with Gasteiger partial charge in [-0.15, -0.1) is 0 Å². The molecule has 1 amide bonds. The van der Waals surface area contributed by atoms with Crippen LogP contribution in [-0.4, -0.2) is 17.7 Å².